The van der Waals surface area contributed by atoms with Crippen LogP contribution >= 0.6 is 78.9 Å². The summed E-state index contributed by atoms with van der Waals surface area (Å²) >= 11 is 30.3. The molecule has 0 aliphatic rings. The Bertz CT molecular complexity index is 430. The summed E-state index contributed by atoms with van der Waals surface area (Å²) in [4.78, 5) is 0. The number of rotatable bonds is 1. The van der Waals surface area contributed by atoms with Gasteiger partial charge in [0, 0.05) is 0 Å². The second-order valence-electron chi connectivity index (χ2n) is 2.31. The first-order valence-electron chi connectivity index (χ1n) is 3.45. The third-order valence-electron chi connectivity index (χ3n) is 1.13. The molecule has 10 heteroatoms. The van der Waals surface area contributed by atoms with Crippen LogP contribution in [0.4, 0.5) is 0 Å². The SMILES string of the molecule is O=P(Cl)(Cl)Cl.O=P(Cl)(Cl)c1ccccc1Cl. The highest BCUT2D eigenvalue weighted by molar-refractivity contribution is 8.24. The molecule has 0 fully saturated rings. The highest BCUT2D eigenvalue weighted by atomic mass is 36.0. The molecule has 0 amide bonds. The van der Waals surface area contributed by atoms with E-state index in [9.17, 15) is 9.13 Å². The second-order valence-corrected chi connectivity index (χ2v) is 14.1. The monoisotopic (exact) mass is 380 g/mol. The molecule has 0 saturated carbocycles. The summed E-state index contributed by atoms with van der Waals surface area (Å²) in [5.41, 5.74) is 0. The van der Waals surface area contributed by atoms with Gasteiger partial charge in [-0.3, -0.25) is 9.13 Å². The molecule has 0 N–H and O–H groups in total. The van der Waals surface area contributed by atoms with E-state index in [0.29, 0.717) is 10.3 Å². The molecule has 1 aromatic rings. The Morgan fingerprint density at radius 2 is 1.25 bits per heavy atom. The zero-order valence-electron chi connectivity index (χ0n) is 7.29. The normalized spacial score (nSPS) is 11.6. The van der Waals surface area contributed by atoms with Crippen molar-refractivity contribution in [1.82, 2.24) is 0 Å². The quantitative estimate of drug-likeness (QED) is 0.523. The van der Waals surface area contributed by atoms with E-state index in [-0.39, 0.29) is 0 Å². The fourth-order valence-electron chi connectivity index (χ4n) is 0.663. The van der Waals surface area contributed by atoms with Gasteiger partial charge in [0.15, 0.2) is 0 Å². The lowest BCUT2D eigenvalue weighted by molar-refractivity contribution is 0.597. The Labute approximate surface area is 122 Å². The van der Waals surface area contributed by atoms with Crippen molar-refractivity contribution in [1.29, 1.82) is 0 Å². The summed E-state index contributed by atoms with van der Waals surface area (Å²) in [6, 6.07) is 6.53. The van der Waals surface area contributed by atoms with Crippen LogP contribution in [0.5, 0.6) is 0 Å². The lowest BCUT2D eigenvalue weighted by Gasteiger charge is -2.02. The molecule has 0 spiro atoms. The molecular weight excluding hydrogens is 379 g/mol. The minimum Gasteiger partial charge on any atom is -0.284 e. The van der Waals surface area contributed by atoms with Gasteiger partial charge in [-0.25, -0.2) is 0 Å². The van der Waals surface area contributed by atoms with Crippen LogP contribution < -0.4 is 5.30 Å². The molecule has 0 aliphatic carbocycles. The molecule has 0 atom stereocenters. The first-order chi connectivity index (χ1) is 7.02. The van der Waals surface area contributed by atoms with E-state index in [1.54, 1.807) is 24.3 Å². The molecule has 1 aromatic carbocycles. The van der Waals surface area contributed by atoms with E-state index < -0.39 is 11.0 Å². The van der Waals surface area contributed by atoms with E-state index in [0.717, 1.165) is 0 Å². The maximum Gasteiger partial charge on any atom is 0.339 e. The van der Waals surface area contributed by atoms with Gasteiger partial charge in [-0.15, -0.1) is 0 Å². The number of benzene rings is 1. The van der Waals surface area contributed by atoms with Crippen molar-refractivity contribution in [2.24, 2.45) is 0 Å². The third kappa shape index (κ3) is 9.45. The van der Waals surface area contributed by atoms with Crippen molar-refractivity contribution in [3.05, 3.63) is 29.3 Å². The van der Waals surface area contributed by atoms with Crippen molar-refractivity contribution in [2.75, 3.05) is 0 Å². The molecule has 16 heavy (non-hydrogen) atoms. The van der Waals surface area contributed by atoms with Crippen molar-refractivity contribution < 1.29 is 9.13 Å². The number of hydrogen-bond acceptors (Lipinski definition) is 2. The van der Waals surface area contributed by atoms with Crippen LogP contribution in [0.1, 0.15) is 0 Å². The average molecular weight is 383 g/mol. The van der Waals surface area contributed by atoms with Gasteiger partial charge in [0.05, 0.1) is 10.3 Å². The Hall–Kier alpha value is 1.42. The summed E-state index contributed by atoms with van der Waals surface area (Å²) < 4.78 is 20.6. The first-order valence-corrected chi connectivity index (χ1v) is 11.8. The van der Waals surface area contributed by atoms with Gasteiger partial charge in [-0.05, 0) is 68.3 Å². The molecule has 0 unspecified atom stereocenters. The minimum atomic E-state index is -3.24. The molecule has 92 valence electrons. The Kier molecular flexibility index (Phi) is 7.75. The molecular formula is C6H4Cl6O2P2. The molecule has 0 aliphatic heterocycles. The van der Waals surface area contributed by atoms with Gasteiger partial charge >= 0.3 is 5.20 Å². The predicted molar refractivity (Wildman–Crippen MR) is 75.6 cm³/mol. The van der Waals surface area contributed by atoms with Crippen LogP contribution in [0.2, 0.25) is 5.02 Å². The summed E-state index contributed by atoms with van der Waals surface area (Å²) in [5, 5.41) is -2.59. The van der Waals surface area contributed by atoms with E-state index in [1.165, 1.54) is 0 Å². The standard InChI is InChI=1S/C6H4Cl3OP.Cl3OP/c7-5-3-1-2-4-6(5)11(8,9)10;1-5(2,3)4/h1-4H;. The second kappa shape index (κ2) is 7.12. The zero-order chi connectivity index (χ0) is 13.0. The molecule has 0 saturated heterocycles. The van der Waals surface area contributed by atoms with Crippen molar-refractivity contribution >= 4 is 84.2 Å². The molecule has 1 rings (SSSR count). The fourth-order valence-corrected chi connectivity index (χ4v) is 2.88. The zero-order valence-corrected chi connectivity index (χ0v) is 13.6. The first kappa shape index (κ1) is 17.4. The van der Waals surface area contributed by atoms with Crippen LogP contribution in [0, 0.1) is 0 Å². The minimum absolute atomic E-state index is 0.296. The van der Waals surface area contributed by atoms with Crippen LogP contribution in [-0.2, 0) is 9.13 Å². The van der Waals surface area contributed by atoms with Crippen LogP contribution in [0.15, 0.2) is 24.3 Å². The highest BCUT2D eigenvalue weighted by Crippen LogP contribution is 2.61. The number of hydrogen-bond donors (Lipinski definition) is 0. The maximum atomic E-state index is 11.1. The van der Waals surface area contributed by atoms with Gasteiger partial charge in [-0.2, -0.15) is 0 Å². The molecule has 0 bridgehead atoms. The van der Waals surface area contributed by atoms with Crippen molar-refractivity contribution in [3.8, 4) is 0 Å². The van der Waals surface area contributed by atoms with Crippen LogP contribution in [0.25, 0.3) is 0 Å². The van der Waals surface area contributed by atoms with E-state index in [4.69, 9.17) is 34.1 Å². The summed E-state index contributed by atoms with van der Waals surface area (Å²) in [7, 11) is 0. The lowest BCUT2D eigenvalue weighted by atomic mass is 10.4. The Balaban J connectivity index is 0.000000385. The Morgan fingerprint density at radius 3 is 1.50 bits per heavy atom. The topological polar surface area (TPSA) is 34.1 Å². The Morgan fingerprint density at radius 1 is 0.875 bits per heavy atom. The predicted octanol–water partition coefficient (Wildman–Crippen LogP) is 6.45. The van der Waals surface area contributed by atoms with E-state index in [2.05, 4.69) is 33.7 Å². The average Bonchev–Trinajstić information content (AvgIpc) is 1.99. The van der Waals surface area contributed by atoms with Crippen LogP contribution in [-0.4, -0.2) is 0 Å². The van der Waals surface area contributed by atoms with Gasteiger partial charge in [0.2, 0.25) is 0 Å². The summed E-state index contributed by atoms with van der Waals surface area (Å²) in [6.45, 7) is 0. The van der Waals surface area contributed by atoms with Crippen LogP contribution in [0.3, 0.4) is 0 Å². The van der Waals surface area contributed by atoms with Gasteiger partial charge in [-0.1, -0.05) is 23.7 Å². The molecule has 2 nitrogen and oxygen atoms in total. The van der Waals surface area contributed by atoms with Crippen molar-refractivity contribution in [2.45, 2.75) is 0 Å². The molecule has 0 radical (unpaired) electrons. The van der Waals surface area contributed by atoms with Gasteiger partial charge in [0.1, 0.15) is 0 Å². The largest absolute Gasteiger partial charge is 0.339 e. The molecule has 0 heterocycles. The smallest absolute Gasteiger partial charge is 0.284 e. The fraction of sp³-hybridized carbons (Fsp3) is 0. The number of halogens is 6. The molecule has 0 aromatic heterocycles. The highest BCUT2D eigenvalue weighted by Gasteiger charge is 2.19. The third-order valence-corrected chi connectivity index (χ3v) is 3.64. The summed E-state index contributed by atoms with van der Waals surface area (Å²) in [6.07, 6.45) is 0. The van der Waals surface area contributed by atoms with Gasteiger partial charge < -0.3 is 0 Å². The lowest BCUT2D eigenvalue weighted by Crippen LogP contribution is -1.97. The van der Waals surface area contributed by atoms with E-state index >= 15 is 0 Å². The maximum absolute atomic E-state index is 11.1. The van der Waals surface area contributed by atoms with Crippen molar-refractivity contribution in [3.63, 3.8) is 0 Å². The van der Waals surface area contributed by atoms with E-state index in [1.807, 2.05) is 0 Å². The summed E-state index contributed by atoms with van der Waals surface area (Å²) in [5.74, 6) is -3.24. The van der Waals surface area contributed by atoms with Gasteiger partial charge in [0.25, 0.3) is 5.85 Å².